The molecule has 3 N–H and O–H groups in total. The number of aryl methyl sites for hydroxylation is 1. The van der Waals surface area contributed by atoms with Gasteiger partial charge in [-0.1, -0.05) is 37.6 Å². The van der Waals surface area contributed by atoms with Crippen LogP contribution in [0.1, 0.15) is 25.8 Å². The molecule has 0 bridgehead atoms. The highest BCUT2D eigenvalue weighted by Gasteiger charge is 2.07. The number of carbonyl (C=O) groups is 1. The Balaban J connectivity index is 2.32. The summed E-state index contributed by atoms with van der Waals surface area (Å²) in [5.74, 6) is 0. The third-order valence-electron chi connectivity index (χ3n) is 2.65. The average Bonchev–Trinajstić information content (AvgIpc) is 2.33. The van der Waals surface area contributed by atoms with Crippen molar-refractivity contribution in [3.05, 3.63) is 28.8 Å². The van der Waals surface area contributed by atoms with Crippen LogP contribution in [0.5, 0.6) is 0 Å². The molecule has 0 aliphatic rings. The minimum atomic E-state index is -0.222. The molecule has 0 spiro atoms. The van der Waals surface area contributed by atoms with Crippen LogP contribution in [0.25, 0.3) is 0 Å². The molecule has 0 unspecified atom stereocenters. The highest BCUT2D eigenvalue weighted by molar-refractivity contribution is 6.33. The van der Waals surface area contributed by atoms with Crippen molar-refractivity contribution in [1.29, 1.82) is 0 Å². The molecule has 1 aromatic carbocycles. The molecule has 2 amide bonds. The molecule has 0 fully saturated rings. The van der Waals surface area contributed by atoms with Gasteiger partial charge in [-0.3, -0.25) is 0 Å². The summed E-state index contributed by atoms with van der Waals surface area (Å²) in [5, 5.41) is 9.43. The van der Waals surface area contributed by atoms with Crippen molar-refractivity contribution in [1.82, 2.24) is 10.6 Å². The molecule has 0 heterocycles. The van der Waals surface area contributed by atoms with Gasteiger partial charge in [0.2, 0.25) is 0 Å². The Morgan fingerprint density at radius 1 is 1.32 bits per heavy atom. The van der Waals surface area contributed by atoms with Crippen LogP contribution in [-0.4, -0.2) is 25.2 Å². The molecule has 0 aliphatic carbocycles. The van der Waals surface area contributed by atoms with Crippen molar-refractivity contribution in [3.8, 4) is 0 Å². The second kappa shape index (κ2) is 8.02. The van der Waals surface area contributed by atoms with Crippen LogP contribution in [0.3, 0.4) is 0 Å². The van der Waals surface area contributed by atoms with Gasteiger partial charge in [0.25, 0.3) is 0 Å². The summed E-state index contributed by atoms with van der Waals surface area (Å²) in [6.07, 6.45) is 0.896. The topological polar surface area (TPSA) is 53.2 Å². The molecule has 0 aromatic heterocycles. The SMILES string of the molecule is Cc1cccc(Cl)c1NC(=O)NCCCNC(C)C. The number of amides is 2. The van der Waals surface area contributed by atoms with Gasteiger partial charge in [0.1, 0.15) is 0 Å². The van der Waals surface area contributed by atoms with Crippen LogP contribution < -0.4 is 16.0 Å². The third kappa shape index (κ3) is 5.94. The van der Waals surface area contributed by atoms with Gasteiger partial charge in [0.15, 0.2) is 0 Å². The monoisotopic (exact) mass is 283 g/mol. The Kier molecular flexibility index (Phi) is 6.67. The first kappa shape index (κ1) is 15.8. The zero-order valence-corrected chi connectivity index (χ0v) is 12.5. The molecule has 0 saturated heterocycles. The molecule has 0 aliphatic heterocycles. The second-order valence-corrected chi connectivity index (χ2v) is 5.18. The van der Waals surface area contributed by atoms with Crippen LogP contribution in [0.4, 0.5) is 10.5 Å². The molecule has 106 valence electrons. The number of nitrogens with one attached hydrogen (secondary N) is 3. The van der Waals surface area contributed by atoms with Gasteiger partial charge >= 0.3 is 6.03 Å². The Morgan fingerprint density at radius 2 is 2.05 bits per heavy atom. The van der Waals surface area contributed by atoms with Crippen molar-refractivity contribution in [2.45, 2.75) is 33.2 Å². The summed E-state index contributed by atoms with van der Waals surface area (Å²) in [5.41, 5.74) is 1.62. The summed E-state index contributed by atoms with van der Waals surface area (Å²) in [6, 6.07) is 5.78. The summed E-state index contributed by atoms with van der Waals surface area (Å²) in [7, 11) is 0. The molecular formula is C14H22ClN3O. The number of halogens is 1. The number of hydrogen-bond acceptors (Lipinski definition) is 2. The molecular weight excluding hydrogens is 262 g/mol. The minimum Gasteiger partial charge on any atom is -0.338 e. The standard InChI is InChI=1S/C14H22ClN3O/c1-10(2)16-8-5-9-17-14(19)18-13-11(3)6-4-7-12(13)15/h4,6-7,10,16H,5,8-9H2,1-3H3,(H2,17,18,19). The molecule has 0 atom stereocenters. The fourth-order valence-electron chi connectivity index (χ4n) is 1.63. The lowest BCUT2D eigenvalue weighted by Gasteiger charge is -2.12. The van der Waals surface area contributed by atoms with Crippen LogP contribution in [0.15, 0.2) is 18.2 Å². The number of benzene rings is 1. The van der Waals surface area contributed by atoms with Crippen molar-refractivity contribution < 1.29 is 4.79 Å². The van der Waals surface area contributed by atoms with Crippen molar-refractivity contribution in [2.75, 3.05) is 18.4 Å². The van der Waals surface area contributed by atoms with E-state index in [2.05, 4.69) is 29.8 Å². The van der Waals surface area contributed by atoms with Gasteiger partial charge in [-0.25, -0.2) is 4.79 Å². The molecule has 1 aromatic rings. The predicted molar refractivity (Wildman–Crippen MR) is 81.0 cm³/mol. The number of rotatable bonds is 6. The third-order valence-corrected chi connectivity index (χ3v) is 2.97. The van der Waals surface area contributed by atoms with E-state index in [4.69, 9.17) is 11.6 Å². The lowest BCUT2D eigenvalue weighted by Crippen LogP contribution is -2.32. The van der Waals surface area contributed by atoms with Gasteiger partial charge in [0.05, 0.1) is 10.7 Å². The van der Waals surface area contributed by atoms with Crippen LogP contribution in [0, 0.1) is 6.92 Å². The smallest absolute Gasteiger partial charge is 0.319 e. The molecule has 19 heavy (non-hydrogen) atoms. The number of para-hydroxylation sites is 1. The summed E-state index contributed by atoms with van der Waals surface area (Å²) in [6.45, 7) is 7.63. The highest BCUT2D eigenvalue weighted by Crippen LogP contribution is 2.24. The molecule has 0 radical (unpaired) electrons. The maximum Gasteiger partial charge on any atom is 0.319 e. The van der Waals surface area contributed by atoms with Crippen molar-refractivity contribution in [2.24, 2.45) is 0 Å². The molecule has 4 nitrogen and oxygen atoms in total. The van der Waals surface area contributed by atoms with E-state index in [1.165, 1.54) is 0 Å². The van der Waals surface area contributed by atoms with Crippen LogP contribution >= 0.6 is 11.6 Å². The van der Waals surface area contributed by atoms with Crippen LogP contribution in [-0.2, 0) is 0 Å². The number of urea groups is 1. The van der Waals surface area contributed by atoms with Gasteiger partial charge in [-0.2, -0.15) is 0 Å². The van der Waals surface area contributed by atoms with Crippen molar-refractivity contribution >= 4 is 23.3 Å². The quantitative estimate of drug-likeness (QED) is 0.703. The first-order valence-electron chi connectivity index (χ1n) is 6.54. The molecule has 5 heteroatoms. The zero-order chi connectivity index (χ0) is 14.3. The molecule has 0 saturated carbocycles. The average molecular weight is 284 g/mol. The van der Waals surface area contributed by atoms with E-state index < -0.39 is 0 Å². The van der Waals surface area contributed by atoms with E-state index in [9.17, 15) is 4.79 Å². The maximum atomic E-state index is 11.7. The first-order chi connectivity index (χ1) is 9.00. The lowest BCUT2D eigenvalue weighted by molar-refractivity contribution is 0.252. The summed E-state index contributed by atoms with van der Waals surface area (Å²) in [4.78, 5) is 11.7. The van der Waals surface area contributed by atoms with E-state index in [1.54, 1.807) is 6.07 Å². The Hall–Kier alpha value is -1.26. The Labute approximate surface area is 119 Å². The van der Waals surface area contributed by atoms with E-state index in [0.29, 0.717) is 23.3 Å². The van der Waals surface area contributed by atoms with Gasteiger partial charge in [0, 0.05) is 12.6 Å². The second-order valence-electron chi connectivity index (χ2n) is 4.78. The predicted octanol–water partition coefficient (Wildman–Crippen LogP) is 3.16. The van der Waals surface area contributed by atoms with E-state index in [0.717, 1.165) is 18.5 Å². The number of anilines is 1. The van der Waals surface area contributed by atoms with Gasteiger partial charge < -0.3 is 16.0 Å². The Bertz CT molecular complexity index is 401. The van der Waals surface area contributed by atoms with Gasteiger partial charge in [-0.15, -0.1) is 0 Å². The van der Waals surface area contributed by atoms with E-state index in [-0.39, 0.29) is 6.03 Å². The molecule has 1 rings (SSSR count). The van der Waals surface area contributed by atoms with Crippen LogP contribution in [0.2, 0.25) is 5.02 Å². The highest BCUT2D eigenvalue weighted by atomic mass is 35.5. The first-order valence-corrected chi connectivity index (χ1v) is 6.92. The number of hydrogen-bond donors (Lipinski definition) is 3. The lowest BCUT2D eigenvalue weighted by atomic mass is 10.2. The summed E-state index contributed by atoms with van der Waals surface area (Å²) >= 11 is 6.04. The van der Waals surface area contributed by atoms with Gasteiger partial charge in [-0.05, 0) is 31.5 Å². The maximum absolute atomic E-state index is 11.7. The zero-order valence-electron chi connectivity index (χ0n) is 11.7. The van der Waals surface area contributed by atoms with Crippen molar-refractivity contribution in [3.63, 3.8) is 0 Å². The van der Waals surface area contributed by atoms with E-state index in [1.807, 2.05) is 19.1 Å². The number of carbonyl (C=O) groups excluding carboxylic acids is 1. The summed E-state index contributed by atoms with van der Waals surface area (Å²) < 4.78 is 0. The fourth-order valence-corrected chi connectivity index (χ4v) is 1.90. The Morgan fingerprint density at radius 3 is 2.68 bits per heavy atom. The normalized spacial score (nSPS) is 10.6. The minimum absolute atomic E-state index is 0.222. The largest absolute Gasteiger partial charge is 0.338 e. The fraction of sp³-hybridized carbons (Fsp3) is 0.500. The van der Waals surface area contributed by atoms with E-state index >= 15 is 0 Å².